The van der Waals surface area contributed by atoms with E-state index in [0.717, 1.165) is 12.6 Å². The van der Waals surface area contributed by atoms with Gasteiger partial charge in [0.05, 0.1) is 0 Å². The van der Waals surface area contributed by atoms with Crippen molar-refractivity contribution >= 4 is 0 Å². The lowest BCUT2D eigenvalue weighted by molar-refractivity contribution is 0.163. The molecule has 0 aromatic rings. The first-order valence-electron chi connectivity index (χ1n) is 7.87. The van der Waals surface area contributed by atoms with Crippen LogP contribution in [0.15, 0.2) is 0 Å². The quantitative estimate of drug-likeness (QED) is 0.752. The molecule has 1 heterocycles. The summed E-state index contributed by atoms with van der Waals surface area (Å²) in [5, 5.41) is 3.65. The Hall–Kier alpha value is -0.120. The van der Waals surface area contributed by atoms with E-state index in [2.05, 4.69) is 42.9 Å². The van der Waals surface area contributed by atoms with E-state index in [1.165, 1.54) is 51.9 Å². The second-order valence-corrected chi connectivity index (χ2v) is 5.72. The van der Waals surface area contributed by atoms with Crippen LogP contribution in [0.4, 0.5) is 0 Å². The predicted molar refractivity (Wildman–Crippen MR) is 80.1 cm³/mol. The first-order chi connectivity index (χ1) is 8.71. The van der Waals surface area contributed by atoms with Gasteiger partial charge in [0.2, 0.25) is 0 Å². The summed E-state index contributed by atoms with van der Waals surface area (Å²) in [5.41, 5.74) is 0. The zero-order valence-electron chi connectivity index (χ0n) is 12.9. The van der Waals surface area contributed by atoms with Gasteiger partial charge < -0.3 is 10.2 Å². The molecule has 3 heteroatoms. The van der Waals surface area contributed by atoms with E-state index in [4.69, 9.17) is 0 Å². The molecule has 2 atom stereocenters. The Morgan fingerprint density at radius 1 is 1.22 bits per heavy atom. The monoisotopic (exact) mass is 255 g/mol. The van der Waals surface area contributed by atoms with Crippen LogP contribution in [-0.4, -0.2) is 61.7 Å². The Kier molecular flexibility index (Phi) is 7.87. The van der Waals surface area contributed by atoms with Crippen molar-refractivity contribution in [3.63, 3.8) is 0 Å². The minimum atomic E-state index is 0.678. The Bertz CT molecular complexity index is 202. The summed E-state index contributed by atoms with van der Waals surface area (Å²) in [4.78, 5) is 5.22. The average Bonchev–Trinajstić information content (AvgIpc) is 2.52. The molecule has 1 fully saturated rings. The lowest BCUT2D eigenvalue weighted by Gasteiger charge is -2.33. The Balaban J connectivity index is 2.54. The second-order valence-electron chi connectivity index (χ2n) is 5.72. The summed E-state index contributed by atoms with van der Waals surface area (Å²) < 4.78 is 0. The van der Waals surface area contributed by atoms with Crippen molar-refractivity contribution < 1.29 is 0 Å². The van der Waals surface area contributed by atoms with Gasteiger partial charge in [-0.25, -0.2) is 0 Å². The number of rotatable bonds is 7. The van der Waals surface area contributed by atoms with Crippen LogP contribution in [0.2, 0.25) is 0 Å². The zero-order valence-corrected chi connectivity index (χ0v) is 12.9. The largest absolute Gasteiger partial charge is 0.313 e. The molecule has 1 saturated heterocycles. The molecule has 0 aliphatic carbocycles. The van der Waals surface area contributed by atoms with Crippen LogP contribution in [0.5, 0.6) is 0 Å². The van der Waals surface area contributed by atoms with Gasteiger partial charge in [-0.3, -0.25) is 4.90 Å². The van der Waals surface area contributed by atoms with Crippen LogP contribution >= 0.6 is 0 Å². The van der Waals surface area contributed by atoms with E-state index >= 15 is 0 Å². The molecule has 0 radical (unpaired) electrons. The fraction of sp³-hybridized carbons (Fsp3) is 1.00. The van der Waals surface area contributed by atoms with Gasteiger partial charge in [-0.2, -0.15) is 0 Å². The van der Waals surface area contributed by atoms with E-state index in [1.807, 2.05) is 0 Å². The van der Waals surface area contributed by atoms with Gasteiger partial charge in [0.15, 0.2) is 0 Å². The fourth-order valence-corrected chi connectivity index (χ4v) is 3.10. The molecule has 2 unspecified atom stereocenters. The molecule has 0 aromatic heterocycles. The highest BCUT2D eigenvalue weighted by Crippen LogP contribution is 2.13. The zero-order chi connectivity index (χ0) is 13.4. The first-order valence-corrected chi connectivity index (χ1v) is 7.87. The van der Waals surface area contributed by atoms with Crippen molar-refractivity contribution in [2.45, 2.75) is 58.5 Å². The SMILES string of the molecule is CCCC(CN1CCCN(C)CC1CC)NCC. The predicted octanol–water partition coefficient (Wildman–Crippen LogP) is 2.18. The summed E-state index contributed by atoms with van der Waals surface area (Å²) in [6, 6.07) is 1.42. The third kappa shape index (κ3) is 5.25. The number of nitrogens with zero attached hydrogens (tertiary/aromatic N) is 2. The van der Waals surface area contributed by atoms with Crippen LogP contribution in [0.3, 0.4) is 0 Å². The normalized spacial score (nSPS) is 25.0. The molecule has 3 nitrogen and oxygen atoms in total. The summed E-state index contributed by atoms with van der Waals surface area (Å²) >= 11 is 0. The molecule has 108 valence electrons. The van der Waals surface area contributed by atoms with Gasteiger partial charge in [-0.05, 0) is 45.9 Å². The van der Waals surface area contributed by atoms with Gasteiger partial charge in [0.1, 0.15) is 0 Å². The summed E-state index contributed by atoms with van der Waals surface area (Å²) in [6.07, 6.45) is 5.17. The lowest BCUT2D eigenvalue weighted by atomic mass is 10.1. The van der Waals surface area contributed by atoms with Crippen molar-refractivity contribution in [1.82, 2.24) is 15.1 Å². The number of hydrogen-bond donors (Lipinski definition) is 1. The topological polar surface area (TPSA) is 18.5 Å². The van der Waals surface area contributed by atoms with Crippen molar-refractivity contribution in [2.75, 3.05) is 39.8 Å². The molecule has 0 amide bonds. The van der Waals surface area contributed by atoms with E-state index < -0.39 is 0 Å². The van der Waals surface area contributed by atoms with E-state index in [1.54, 1.807) is 0 Å². The van der Waals surface area contributed by atoms with Gasteiger partial charge in [-0.1, -0.05) is 27.2 Å². The van der Waals surface area contributed by atoms with Crippen LogP contribution in [0.25, 0.3) is 0 Å². The maximum atomic E-state index is 3.65. The fourth-order valence-electron chi connectivity index (χ4n) is 3.10. The summed E-state index contributed by atoms with van der Waals surface area (Å²) in [6.45, 7) is 12.9. The maximum Gasteiger partial charge on any atom is 0.0221 e. The molecule has 18 heavy (non-hydrogen) atoms. The highest BCUT2D eigenvalue weighted by molar-refractivity contribution is 4.81. The lowest BCUT2D eigenvalue weighted by Crippen LogP contribution is -2.47. The molecular formula is C15H33N3. The minimum Gasteiger partial charge on any atom is -0.313 e. The molecule has 0 spiro atoms. The molecule has 1 aliphatic heterocycles. The maximum absolute atomic E-state index is 3.65. The van der Waals surface area contributed by atoms with Crippen LogP contribution in [-0.2, 0) is 0 Å². The van der Waals surface area contributed by atoms with E-state index in [0.29, 0.717) is 6.04 Å². The summed E-state index contributed by atoms with van der Waals surface area (Å²) in [7, 11) is 2.26. The van der Waals surface area contributed by atoms with Crippen LogP contribution in [0.1, 0.15) is 46.5 Å². The van der Waals surface area contributed by atoms with Crippen LogP contribution in [0, 0.1) is 0 Å². The number of hydrogen-bond acceptors (Lipinski definition) is 3. The van der Waals surface area contributed by atoms with Crippen molar-refractivity contribution in [1.29, 1.82) is 0 Å². The molecule has 1 N–H and O–H groups in total. The highest BCUT2D eigenvalue weighted by Gasteiger charge is 2.23. The van der Waals surface area contributed by atoms with Gasteiger partial charge >= 0.3 is 0 Å². The Morgan fingerprint density at radius 2 is 2.00 bits per heavy atom. The van der Waals surface area contributed by atoms with E-state index in [9.17, 15) is 0 Å². The van der Waals surface area contributed by atoms with Gasteiger partial charge in [-0.15, -0.1) is 0 Å². The van der Waals surface area contributed by atoms with Gasteiger partial charge in [0, 0.05) is 25.2 Å². The number of nitrogens with one attached hydrogen (secondary N) is 1. The molecule has 0 aromatic carbocycles. The Labute approximate surface area is 114 Å². The number of likely N-dealkylation sites (N-methyl/N-ethyl adjacent to an activating group) is 2. The van der Waals surface area contributed by atoms with Crippen molar-refractivity contribution in [3.8, 4) is 0 Å². The third-order valence-electron chi connectivity index (χ3n) is 4.08. The molecule has 1 aliphatic rings. The Morgan fingerprint density at radius 3 is 2.61 bits per heavy atom. The van der Waals surface area contributed by atoms with E-state index in [-0.39, 0.29) is 0 Å². The van der Waals surface area contributed by atoms with Crippen LogP contribution < -0.4 is 5.32 Å². The summed E-state index contributed by atoms with van der Waals surface area (Å²) in [5.74, 6) is 0. The van der Waals surface area contributed by atoms with Crippen molar-refractivity contribution in [2.24, 2.45) is 0 Å². The third-order valence-corrected chi connectivity index (χ3v) is 4.08. The van der Waals surface area contributed by atoms with Crippen molar-refractivity contribution in [3.05, 3.63) is 0 Å². The molecular weight excluding hydrogens is 222 g/mol. The molecule has 0 bridgehead atoms. The standard InChI is InChI=1S/C15H33N3/c1-5-9-14(16-7-3)12-18-11-8-10-17(4)13-15(18)6-2/h14-16H,5-13H2,1-4H3. The first kappa shape index (κ1) is 15.9. The highest BCUT2D eigenvalue weighted by atomic mass is 15.2. The second kappa shape index (κ2) is 8.89. The molecule has 0 saturated carbocycles. The smallest absolute Gasteiger partial charge is 0.0221 e. The molecule has 1 rings (SSSR count). The average molecular weight is 255 g/mol. The minimum absolute atomic E-state index is 0.678. The van der Waals surface area contributed by atoms with Gasteiger partial charge in [0.25, 0.3) is 0 Å².